The third-order valence-corrected chi connectivity index (χ3v) is 20.5. The maximum absolute atomic E-state index is 15.3. The molecule has 13 rings (SSSR count). The summed E-state index contributed by atoms with van der Waals surface area (Å²) >= 11 is 0. The molecular weight excluding hydrogens is 1010 g/mol. The molecule has 3 aromatic rings. The van der Waals surface area contributed by atoms with Gasteiger partial charge in [-0.15, -0.1) is 0 Å². The Balaban J connectivity index is 0.808. The number of carbonyl (C=O) groups is 4. The van der Waals surface area contributed by atoms with Crippen molar-refractivity contribution in [3.8, 4) is 11.3 Å². The highest BCUT2D eigenvalue weighted by atomic mass is 16.5. The molecule has 80 heavy (non-hydrogen) atoms. The quantitative estimate of drug-likeness (QED) is 0.150. The van der Waals surface area contributed by atoms with E-state index in [2.05, 4.69) is 97.1 Å². The van der Waals surface area contributed by atoms with Crippen molar-refractivity contribution >= 4 is 46.0 Å². The first-order valence-electron chi connectivity index (χ1n) is 31.1. The number of methoxy groups -OCH3 is 1. The lowest BCUT2D eigenvalue weighted by Crippen LogP contribution is -2.62. The average molecular weight is 1100 g/mol. The van der Waals surface area contributed by atoms with E-state index in [0.29, 0.717) is 57.5 Å². The highest BCUT2D eigenvalue weighted by Crippen LogP contribution is 2.47. The van der Waals surface area contributed by atoms with E-state index in [1.54, 1.807) is 12.1 Å². The van der Waals surface area contributed by atoms with Crippen molar-refractivity contribution in [1.29, 1.82) is 0 Å². The number of anilines is 2. The van der Waals surface area contributed by atoms with Gasteiger partial charge in [0.2, 0.25) is 11.8 Å². The molecule has 3 amide bonds. The molecule has 2 aromatic heterocycles. The minimum absolute atomic E-state index is 0.0254. The van der Waals surface area contributed by atoms with Crippen LogP contribution in [0.15, 0.2) is 30.5 Å². The Bertz CT molecular complexity index is 2820. The molecule has 3 N–H and O–H groups in total. The minimum Gasteiger partial charge on any atom is -0.464 e. The van der Waals surface area contributed by atoms with Gasteiger partial charge in [0.1, 0.15) is 18.1 Å². The van der Waals surface area contributed by atoms with E-state index in [4.69, 9.17) is 19.2 Å². The van der Waals surface area contributed by atoms with Crippen LogP contribution in [-0.4, -0.2) is 188 Å². The van der Waals surface area contributed by atoms with Crippen molar-refractivity contribution in [2.24, 2.45) is 22.7 Å². The van der Waals surface area contributed by atoms with Gasteiger partial charge in [-0.25, -0.2) is 5.43 Å². The number of ether oxygens (including phenoxy) is 3. The molecule has 0 radical (unpaired) electrons. The monoisotopic (exact) mass is 1100 g/mol. The molecular formula is C62H89N11O7. The second-order valence-corrected chi connectivity index (χ2v) is 26.8. The summed E-state index contributed by atoms with van der Waals surface area (Å²) in [5, 5.41) is 9.60. The van der Waals surface area contributed by atoms with Crippen molar-refractivity contribution in [2.75, 3.05) is 102 Å². The van der Waals surface area contributed by atoms with Crippen molar-refractivity contribution in [1.82, 2.24) is 45.3 Å². The van der Waals surface area contributed by atoms with Crippen LogP contribution in [0.4, 0.5) is 11.4 Å². The zero-order valence-electron chi connectivity index (χ0n) is 48.4. The predicted octanol–water partition coefficient (Wildman–Crippen LogP) is 5.65. The van der Waals surface area contributed by atoms with E-state index < -0.39 is 17.5 Å². The number of pyridine rings is 1. The number of esters is 1. The van der Waals surface area contributed by atoms with E-state index in [1.807, 2.05) is 6.20 Å². The molecule has 9 fully saturated rings. The van der Waals surface area contributed by atoms with Gasteiger partial charge in [0.05, 0.1) is 54.7 Å². The molecule has 1 spiro atoms. The smallest absolute Gasteiger partial charge is 0.324 e. The van der Waals surface area contributed by atoms with Crippen LogP contribution >= 0.6 is 0 Å². The normalized spacial score (nSPS) is 30.7. The van der Waals surface area contributed by atoms with Crippen LogP contribution in [0.5, 0.6) is 0 Å². The Morgan fingerprint density at radius 2 is 1.70 bits per heavy atom. The van der Waals surface area contributed by atoms with Gasteiger partial charge in [0.25, 0.3) is 5.91 Å². The molecule has 9 heterocycles. The van der Waals surface area contributed by atoms with Crippen molar-refractivity contribution in [2.45, 2.75) is 173 Å². The number of fused-ring (bicyclic) bond motifs is 6. The molecule has 3 saturated carbocycles. The SMILES string of the molecule is CCn1c(-c2cc(N3CCN(C4CC4)CC3)cnc2[C@H](C)OC)c2c3cc(ccc31)N1CCO[C@@H](C[C@H](NC(=O)[C@H](C3CCCC3)N3CC[C@]4(CCN(C(=O)[C@@H]5N[C@@H]5C5CC5)C4)C3)C(=O)N3CCC[C@H](N3)C(=O)OCC(C)(C)C2)C1. The Labute approximate surface area is 473 Å². The van der Waals surface area contributed by atoms with E-state index in [-0.39, 0.29) is 72.3 Å². The fourth-order valence-electron chi connectivity index (χ4n) is 15.6. The number of hydrogen-bond donors (Lipinski definition) is 3. The number of hydrazine groups is 1. The number of carbonyl (C=O) groups excluding carboxylic acids is 4. The maximum atomic E-state index is 15.3. The number of hydrogen-bond acceptors (Lipinski definition) is 14. The van der Waals surface area contributed by atoms with Crippen LogP contribution in [-0.2, 0) is 46.4 Å². The molecule has 6 bridgehead atoms. The number of cyclic esters (lactones) is 1. The number of nitrogens with one attached hydrogen (secondary N) is 3. The van der Waals surface area contributed by atoms with Crippen LogP contribution in [0.1, 0.15) is 129 Å². The Morgan fingerprint density at radius 3 is 2.46 bits per heavy atom. The molecule has 6 saturated heterocycles. The van der Waals surface area contributed by atoms with Crippen molar-refractivity contribution < 1.29 is 33.4 Å². The maximum Gasteiger partial charge on any atom is 0.324 e. The number of benzene rings is 1. The van der Waals surface area contributed by atoms with Gasteiger partial charge in [-0.05, 0) is 133 Å². The van der Waals surface area contributed by atoms with Gasteiger partial charge < -0.3 is 38.8 Å². The molecule has 0 unspecified atom stereocenters. The molecule has 1 aromatic carbocycles. The Hall–Kier alpha value is -4.85. The number of nitrogens with zero attached hydrogens (tertiary/aromatic N) is 8. The summed E-state index contributed by atoms with van der Waals surface area (Å²) in [4.78, 5) is 75.7. The summed E-state index contributed by atoms with van der Waals surface area (Å²) in [5.74, 6) is 0.347. The number of amides is 3. The highest BCUT2D eigenvalue weighted by molar-refractivity contribution is 5.95. The summed E-state index contributed by atoms with van der Waals surface area (Å²) in [6.45, 7) is 18.8. The van der Waals surface area contributed by atoms with E-state index >= 15 is 9.59 Å². The van der Waals surface area contributed by atoms with Gasteiger partial charge in [-0.3, -0.25) is 44.3 Å². The van der Waals surface area contributed by atoms with Gasteiger partial charge in [0, 0.05) is 131 Å². The summed E-state index contributed by atoms with van der Waals surface area (Å²) in [6.07, 6.45) is 14.5. The van der Waals surface area contributed by atoms with Crippen LogP contribution in [0.2, 0.25) is 0 Å². The number of aryl methyl sites for hydroxylation is 1. The first-order valence-corrected chi connectivity index (χ1v) is 31.1. The zero-order chi connectivity index (χ0) is 55.0. The predicted molar refractivity (Wildman–Crippen MR) is 307 cm³/mol. The summed E-state index contributed by atoms with van der Waals surface area (Å²) < 4.78 is 21.5. The Morgan fingerprint density at radius 1 is 0.900 bits per heavy atom. The number of morpholine rings is 1. The lowest BCUT2D eigenvalue weighted by atomic mass is 9.84. The van der Waals surface area contributed by atoms with Gasteiger partial charge in [-0.1, -0.05) is 26.7 Å². The first-order chi connectivity index (χ1) is 38.8. The third-order valence-electron chi connectivity index (χ3n) is 20.5. The molecule has 7 aliphatic heterocycles. The first kappa shape index (κ1) is 54.4. The average Bonchev–Trinajstić information content (AvgIpc) is 4.47. The lowest BCUT2D eigenvalue weighted by molar-refractivity contribution is -0.156. The van der Waals surface area contributed by atoms with Crippen LogP contribution in [0.3, 0.4) is 0 Å². The van der Waals surface area contributed by atoms with Crippen LogP contribution in [0.25, 0.3) is 22.2 Å². The number of aromatic nitrogens is 2. The molecule has 18 nitrogen and oxygen atoms in total. The summed E-state index contributed by atoms with van der Waals surface area (Å²) in [6, 6.07) is 8.26. The number of rotatable bonds is 12. The minimum atomic E-state index is -0.900. The van der Waals surface area contributed by atoms with E-state index in [1.165, 1.54) is 31.2 Å². The summed E-state index contributed by atoms with van der Waals surface area (Å²) in [5.41, 5.74) is 10.4. The largest absolute Gasteiger partial charge is 0.464 e. The number of likely N-dealkylation sites (tertiary alicyclic amines) is 2. The van der Waals surface area contributed by atoms with Gasteiger partial charge in [0.15, 0.2) is 0 Å². The fourth-order valence-corrected chi connectivity index (χ4v) is 15.6. The molecule has 3 aliphatic carbocycles. The van der Waals surface area contributed by atoms with E-state index in [0.717, 1.165) is 143 Å². The highest BCUT2D eigenvalue weighted by Gasteiger charge is 2.55. The molecule has 8 atom stereocenters. The second kappa shape index (κ2) is 22.0. The van der Waals surface area contributed by atoms with Crippen LogP contribution in [0, 0.1) is 22.7 Å². The van der Waals surface area contributed by atoms with Crippen molar-refractivity contribution in [3.63, 3.8) is 0 Å². The summed E-state index contributed by atoms with van der Waals surface area (Å²) in [7, 11) is 1.75. The lowest BCUT2D eigenvalue weighted by Gasteiger charge is -2.39. The Kier molecular flexibility index (Phi) is 15.0. The number of piperazine rings is 1. The van der Waals surface area contributed by atoms with Gasteiger partial charge >= 0.3 is 5.97 Å². The topological polar surface area (TPSA) is 179 Å². The van der Waals surface area contributed by atoms with E-state index in [9.17, 15) is 9.59 Å². The fraction of sp³-hybridized carbons (Fsp3) is 0.726. The van der Waals surface area contributed by atoms with Crippen molar-refractivity contribution in [3.05, 3.63) is 41.7 Å². The van der Waals surface area contributed by atoms with Crippen LogP contribution < -0.4 is 25.9 Å². The standard InChI is InChI=1S/C62H89N11O7/c1-6-72-51-18-17-43-30-46(51)48(56(72)47-31-44(34-63-52(47)39(2)78-5)68-26-24-67(25-27-68)42-15-16-42)33-61(3,4)38-80-60(77)49-12-9-21-73(66-49)58(75)50(32-45-35-69(43)28-29-79-45)64-57(74)55(41-10-7-8-11-41)70-22-19-62(36-70)20-23-71(37-62)59(76)54-53(65-54)40-13-14-40/h17-18,30-31,34,39-42,45,49-50,53-55,65-66H,6-16,19-29,32-33,35-38H2,1-5H3,(H,64,74)/t39-,45-,49-,50-,53+,54+,55-,62-/m0/s1. The third kappa shape index (κ3) is 10.9. The molecule has 434 valence electrons. The molecule has 18 heteroatoms. The molecule has 10 aliphatic rings. The van der Waals surface area contributed by atoms with Gasteiger partial charge in [-0.2, -0.15) is 0 Å². The second-order valence-electron chi connectivity index (χ2n) is 26.8. The zero-order valence-corrected chi connectivity index (χ0v) is 48.4.